The number of nitrogens with zero attached hydrogens (tertiary/aromatic N) is 2. The van der Waals surface area contributed by atoms with Gasteiger partial charge in [0.05, 0.1) is 16.6 Å². The number of hydrogen-bond donors (Lipinski definition) is 0. The molecule has 0 N–H and O–H groups in total. The Morgan fingerprint density at radius 1 is 0.467 bits per heavy atom. The largest absolute Gasteiger partial charge is 0.436 e. The molecule has 222 valence electrons. The Labute approximate surface area is 252 Å². The number of rotatable bonds is 4. The maximum absolute atomic E-state index is 13.3. The predicted molar refractivity (Wildman–Crippen MR) is 161 cm³/mol. The first kappa shape index (κ1) is 28.3. The topological polar surface area (TPSA) is 38.9 Å². The van der Waals surface area contributed by atoms with Gasteiger partial charge in [0, 0.05) is 22.7 Å². The summed E-state index contributed by atoms with van der Waals surface area (Å²) in [5.74, 6) is 0.542. The van der Waals surface area contributed by atoms with Crippen LogP contribution in [0.4, 0.5) is 26.3 Å². The Morgan fingerprint density at radius 3 is 1.64 bits per heavy atom. The maximum atomic E-state index is 13.3. The van der Waals surface area contributed by atoms with Crippen LogP contribution in [0.25, 0.3) is 66.8 Å². The van der Waals surface area contributed by atoms with Crippen LogP contribution < -0.4 is 0 Å². The number of fused-ring (bicyclic) bond motifs is 2. The molecule has 0 atom stereocenters. The van der Waals surface area contributed by atoms with E-state index in [9.17, 15) is 26.3 Å². The number of para-hydroxylation sites is 2. The van der Waals surface area contributed by atoms with Crippen molar-refractivity contribution in [2.45, 2.75) is 12.4 Å². The SMILES string of the molecule is FC(F)(F)c1cc(-c2ccc(-c3ccc4cc(-c5ccc(-c6nc7ccccc7o6)cc5)cnc4c3)cc2)cc(C(F)(F)F)c1. The van der Waals surface area contributed by atoms with Gasteiger partial charge in [0.2, 0.25) is 5.89 Å². The van der Waals surface area contributed by atoms with Crippen molar-refractivity contribution in [3.8, 4) is 44.8 Å². The molecule has 2 aromatic heterocycles. The molecule has 0 aliphatic heterocycles. The third-order valence-corrected chi connectivity index (χ3v) is 7.58. The molecule has 0 radical (unpaired) electrons. The lowest BCUT2D eigenvalue weighted by Gasteiger charge is -2.14. The van der Waals surface area contributed by atoms with Crippen LogP contribution in [0.3, 0.4) is 0 Å². The van der Waals surface area contributed by atoms with E-state index >= 15 is 0 Å². The van der Waals surface area contributed by atoms with E-state index in [2.05, 4.69) is 9.97 Å². The van der Waals surface area contributed by atoms with Crippen LogP contribution >= 0.6 is 0 Å². The third kappa shape index (κ3) is 5.64. The molecule has 7 aromatic rings. The van der Waals surface area contributed by atoms with E-state index in [0.717, 1.165) is 62.0 Å². The van der Waals surface area contributed by atoms with E-state index in [1.165, 1.54) is 12.1 Å². The van der Waals surface area contributed by atoms with E-state index in [4.69, 9.17) is 4.42 Å². The lowest BCUT2D eigenvalue weighted by atomic mass is 9.96. The van der Waals surface area contributed by atoms with Gasteiger partial charge in [0.25, 0.3) is 0 Å². The molecule has 45 heavy (non-hydrogen) atoms. The van der Waals surface area contributed by atoms with Crippen molar-refractivity contribution >= 4 is 22.0 Å². The summed E-state index contributed by atoms with van der Waals surface area (Å²) in [6, 6.07) is 31.1. The molecule has 9 heteroatoms. The van der Waals surface area contributed by atoms with Crippen LogP contribution in [0, 0.1) is 0 Å². The number of benzene rings is 5. The van der Waals surface area contributed by atoms with E-state index in [-0.39, 0.29) is 17.2 Å². The Morgan fingerprint density at radius 2 is 1.02 bits per heavy atom. The minimum atomic E-state index is -4.91. The lowest BCUT2D eigenvalue weighted by Crippen LogP contribution is -2.11. The zero-order valence-electron chi connectivity index (χ0n) is 23.1. The van der Waals surface area contributed by atoms with Crippen LogP contribution in [0.15, 0.2) is 126 Å². The Kier molecular flexibility index (Phi) is 6.69. The van der Waals surface area contributed by atoms with Crippen LogP contribution in [0.2, 0.25) is 0 Å². The summed E-state index contributed by atoms with van der Waals surface area (Å²) >= 11 is 0. The average Bonchev–Trinajstić information content (AvgIpc) is 3.48. The molecule has 0 fully saturated rings. The zero-order valence-corrected chi connectivity index (χ0v) is 23.1. The van der Waals surface area contributed by atoms with Gasteiger partial charge in [-0.1, -0.05) is 60.7 Å². The van der Waals surface area contributed by atoms with E-state index < -0.39 is 23.5 Å². The van der Waals surface area contributed by atoms with Gasteiger partial charge >= 0.3 is 12.4 Å². The molecular weight excluding hydrogens is 590 g/mol. The molecule has 0 spiro atoms. The second kappa shape index (κ2) is 10.6. The first-order chi connectivity index (χ1) is 21.5. The summed E-state index contributed by atoms with van der Waals surface area (Å²) in [6.07, 6.45) is -8.05. The molecule has 0 saturated heterocycles. The lowest BCUT2D eigenvalue weighted by molar-refractivity contribution is -0.143. The van der Waals surface area contributed by atoms with Crippen LogP contribution in [0.1, 0.15) is 11.1 Å². The number of halogens is 6. The Balaban J connectivity index is 1.14. The number of alkyl halides is 6. The van der Waals surface area contributed by atoms with Gasteiger partial charge in [0.15, 0.2) is 5.58 Å². The minimum Gasteiger partial charge on any atom is -0.436 e. The summed E-state index contributed by atoms with van der Waals surface area (Å²) < 4.78 is 85.8. The highest BCUT2D eigenvalue weighted by Crippen LogP contribution is 2.39. The number of hydrogen-bond acceptors (Lipinski definition) is 3. The highest BCUT2D eigenvalue weighted by Gasteiger charge is 2.37. The Hall–Kier alpha value is -5.44. The van der Waals surface area contributed by atoms with Crippen LogP contribution in [0.5, 0.6) is 0 Å². The second-order valence-corrected chi connectivity index (χ2v) is 10.6. The van der Waals surface area contributed by atoms with E-state index in [1.54, 1.807) is 18.3 Å². The summed E-state index contributed by atoms with van der Waals surface area (Å²) in [5, 5.41) is 0.902. The van der Waals surface area contributed by atoms with Crippen molar-refractivity contribution in [2.75, 3.05) is 0 Å². The number of pyridine rings is 1. The van der Waals surface area contributed by atoms with Gasteiger partial charge in [-0.3, -0.25) is 4.98 Å². The molecule has 0 aliphatic rings. The van der Waals surface area contributed by atoms with Crippen molar-refractivity contribution in [2.24, 2.45) is 0 Å². The standard InChI is InChI=1S/C36H20F6N2O/c37-35(38,39)29-16-27(17-30(19-29)36(40,41)42)22-7-5-21(6-8-22)25-13-14-26-15-28(20-43-32(26)18-25)23-9-11-24(12-10-23)34-44-31-3-1-2-4-33(31)45-34/h1-20H. The summed E-state index contributed by atoms with van der Waals surface area (Å²) in [6.45, 7) is 0. The number of oxazole rings is 1. The van der Waals surface area contributed by atoms with Gasteiger partial charge in [-0.2, -0.15) is 26.3 Å². The zero-order chi connectivity index (χ0) is 31.3. The molecule has 0 aliphatic carbocycles. The predicted octanol–water partition coefficient (Wildman–Crippen LogP) is 11.1. The van der Waals surface area contributed by atoms with Crippen molar-refractivity contribution in [1.29, 1.82) is 0 Å². The fourth-order valence-electron chi connectivity index (χ4n) is 5.24. The summed E-state index contributed by atoms with van der Waals surface area (Å²) in [5.41, 5.74) is 3.90. The van der Waals surface area contributed by atoms with Crippen molar-refractivity contribution in [1.82, 2.24) is 9.97 Å². The number of aromatic nitrogens is 2. The Bertz CT molecular complexity index is 2120. The summed E-state index contributed by atoms with van der Waals surface area (Å²) in [7, 11) is 0. The van der Waals surface area contributed by atoms with E-state index in [1.807, 2.05) is 72.8 Å². The molecule has 0 saturated carbocycles. The van der Waals surface area contributed by atoms with Gasteiger partial charge in [-0.15, -0.1) is 0 Å². The monoisotopic (exact) mass is 610 g/mol. The third-order valence-electron chi connectivity index (χ3n) is 7.58. The molecule has 2 heterocycles. The fourth-order valence-corrected chi connectivity index (χ4v) is 5.24. The molecule has 5 aromatic carbocycles. The van der Waals surface area contributed by atoms with E-state index in [0.29, 0.717) is 5.89 Å². The van der Waals surface area contributed by atoms with Gasteiger partial charge in [0.1, 0.15) is 5.52 Å². The molecule has 0 amide bonds. The quantitative estimate of drug-likeness (QED) is 0.186. The maximum Gasteiger partial charge on any atom is 0.416 e. The first-order valence-corrected chi connectivity index (χ1v) is 13.8. The minimum absolute atomic E-state index is 0.125. The molecule has 0 unspecified atom stereocenters. The highest BCUT2D eigenvalue weighted by molar-refractivity contribution is 5.88. The second-order valence-electron chi connectivity index (χ2n) is 10.6. The molecular formula is C36H20F6N2O. The smallest absolute Gasteiger partial charge is 0.416 e. The molecule has 7 rings (SSSR count). The molecule has 3 nitrogen and oxygen atoms in total. The first-order valence-electron chi connectivity index (χ1n) is 13.8. The normalized spacial score (nSPS) is 12.2. The average molecular weight is 611 g/mol. The van der Waals surface area contributed by atoms with Gasteiger partial charge in [-0.25, -0.2) is 4.98 Å². The van der Waals surface area contributed by atoms with Gasteiger partial charge in [-0.05, 0) is 82.4 Å². The van der Waals surface area contributed by atoms with Gasteiger partial charge < -0.3 is 4.42 Å². The van der Waals surface area contributed by atoms with Crippen LogP contribution in [-0.4, -0.2) is 9.97 Å². The summed E-state index contributed by atoms with van der Waals surface area (Å²) in [4.78, 5) is 9.18. The van der Waals surface area contributed by atoms with Crippen molar-refractivity contribution < 1.29 is 30.8 Å². The highest BCUT2D eigenvalue weighted by atomic mass is 19.4. The fraction of sp³-hybridized carbons (Fsp3) is 0.0556. The van der Waals surface area contributed by atoms with Crippen LogP contribution in [-0.2, 0) is 12.4 Å². The van der Waals surface area contributed by atoms with Crippen molar-refractivity contribution in [3.63, 3.8) is 0 Å². The van der Waals surface area contributed by atoms with Crippen molar-refractivity contribution in [3.05, 3.63) is 133 Å². The molecule has 0 bridgehead atoms.